The molecule has 4 rings (SSSR count). The first-order chi connectivity index (χ1) is 18.4. The molecule has 0 saturated carbocycles. The molecule has 3 aromatic rings. The van der Waals surface area contributed by atoms with E-state index in [2.05, 4.69) is 15.8 Å². The van der Waals surface area contributed by atoms with Crippen molar-refractivity contribution >= 4 is 46.4 Å². The van der Waals surface area contributed by atoms with E-state index >= 15 is 0 Å². The average Bonchev–Trinajstić information content (AvgIpc) is 3.45. The maximum absolute atomic E-state index is 12.7. The number of ketones is 1. The van der Waals surface area contributed by atoms with Gasteiger partial charge in [0, 0.05) is 42.8 Å². The van der Waals surface area contributed by atoms with Gasteiger partial charge in [0.05, 0.1) is 22.7 Å². The van der Waals surface area contributed by atoms with Crippen molar-refractivity contribution in [2.24, 2.45) is 0 Å². The second-order valence-corrected chi connectivity index (χ2v) is 10.1. The normalized spacial score (nSPS) is 13.6. The van der Waals surface area contributed by atoms with E-state index in [4.69, 9.17) is 16.3 Å². The van der Waals surface area contributed by atoms with E-state index < -0.39 is 11.8 Å². The molecule has 1 fully saturated rings. The number of Topliss-reactive ketones (excluding diaryl/α,β-unsaturated/α-hetero) is 1. The summed E-state index contributed by atoms with van der Waals surface area (Å²) in [6.07, 6.45) is 1.76. The first-order valence-electron chi connectivity index (χ1n) is 12.1. The van der Waals surface area contributed by atoms with E-state index in [-0.39, 0.29) is 46.7 Å². The minimum atomic E-state index is -0.526. The number of halogens is 1. The van der Waals surface area contributed by atoms with Crippen LogP contribution >= 0.6 is 22.9 Å². The van der Waals surface area contributed by atoms with Crippen molar-refractivity contribution in [2.45, 2.75) is 31.6 Å². The zero-order chi connectivity index (χ0) is 27.1. The number of carbonyl (C=O) groups excluding carboxylic acids is 4. The summed E-state index contributed by atoms with van der Waals surface area (Å²) < 4.78 is 5.10. The molecule has 9 nitrogen and oxygen atoms in total. The van der Waals surface area contributed by atoms with Gasteiger partial charge in [-0.3, -0.25) is 30.0 Å². The molecule has 1 aliphatic heterocycles. The largest absolute Gasteiger partial charge is 0.497 e. The summed E-state index contributed by atoms with van der Waals surface area (Å²) in [5.41, 5.74) is 5.73. The van der Waals surface area contributed by atoms with E-state index in [0.717, 1.165) is 17.8 Å². The Labute approximate surface area is 229 Å². The van der Waals surface area contributed by atoms with E-state index in [1.165, 1.54) is 11.3 Å². The van der Waals surface area contributed by atoms with E-state index in [0.29, 0.717) is 24.4 Å². The van der Waals surface area contributed by atoms with Crippen LogP contribution in [0.2, 0.25) is 5.02 Å². The Morgan fingerprint density at radius 2 is 1.68 bits per heavy atom. The highest BCUT2D eigenvalue weighted by Crippen LogP contribution is 2.30. The summed E-state index contributed by atoms with van der Waals surface area (Å²) in [5.74, 6) is -0.367. The Hall–Kier alpha value is -3.76. The van der Waals surface area contributed by atoms with Gasteiger partial charge in [-0.25, -0.2) is 4.98 Å². The number of hydrogen-bond acceptors (Lipinski definition) is 7. The van der Waals surface area contributed by atoms with Crippen molar-refractivity contribution < 1.29 is 23.9 Å². The molecule has 2 heterocycles. The second kappa shape index (κ2) is 12.7. The second-order valence-electron chi connectivity index (χ2n) is 8.77. The standard InChI is InChI=1S/C27H27ClN4O5S/c1-37-19-8-6-17(7-9-19)23(33)10-11-24(34)32-14-12-18(13-15-32)27-29-22(16-38-27)26(36)31-30-25(35)20-4-2-3-5-21(20)28/h2-9,16,18H,10-15H2,1H3,(H,30,35)(H,31,36). The lowest BCUT2D eigenvalue weighted by molar-refractivity contribution is -0.132. The number of carbonyl (C=O) groups is 4. The molecule has 2 N–H and O–H groups in total. The third-order valence-corrected chi connectivity index (χ3v) is 7.67. The number of hydrogen-bond donors (Lipinski definition) is 2. The van der Waals surface area contributed by atoms with Crippen LogP contribution in [0.3, 0.4) is 0 Å². The van der Waals surface area contributed by atoms with Gasteiger partial charge in [0.15, 0.2) is 5.78 Å². The van der Waals surface area contributed by atoms with Crippen LogP contribution < -0.4 is 15.6 Å². The summed E-state index contributed by atoms with van der Waals surface area (Å²) >= 11 is 7.39. The van der Waals surface area contributed by atoms with Crippen LogP contribution in [0.25, 0.3) is 0 Å². The van der Waals surface area contributed by atoms with E-state index in [9.17, 15) is 19.2 Å². The molecule has 0 unspecified atom stereocenters. The molecule has 1 aliphatic rings. The SMILES string of the molecule is COc1ccc(C(=O)CCC(=O)N2CCC(c3nc(C(=O)NNC(=O)c4ccccc4Cl)cs3)CC2)cc1. The molecule has 1 aromatic heterocycles. The van der Waals surface area contributed by atoms with Crippen LogP contribution in [0.1, 0.15) is 67.8 Å². The smallest absolute Gasteiger partial charge is 0.289 e. The molecule has 11 heteroatoms. The summed E-state index contributed by atoms with van der Waals surface area (Å²) in [5, 5.41) is 2.74. The molecule has 0 aliphatic carbocycles. The van der Waals surface area contributed by atoms with Crippen molar-refractivity contribution in [1.29, 1.82) is 0 Å². The quantitative estimate of drug-likeness (QED) is 0.317. The minimum absolute atomic E-state index is 0.0428. The molecular formula is C27H27ClN4O5S. The van der Waals surface area contributed by atoms with Crippen molar-refractivity contribution in [3.63, 3.8) is 0 Å². The highest BCUT2D eigenvalue weighted by atomic mass is 35.5. The van der Waals surface area contributed by atoms with Crippen molar-refractivity contribution in [2.75, 3.05) is 20.2 Å². The Bertz CT molecular complexity index is 1320. The number of thiazole rings is 1. The third kappa shape index (κ3) is 6.76. The number of aromatic nitrogens is 1. The van der Waals surface area contributed by atoms with Crippen LogP contribution in [0.15, 0.2) is 53.9 Å². The Balaban J connectivity index is 1.22. The summed E-state index contributed by atoms with van der Waals surface area (Å²) in [7, 11) is 1.56. The molecule has 3 amide bonds. The fourth-order valence-electron chi connectivity index (χ4n) is 4.15. The Morgan fingerprint density at radius 1 is 1.00 bits per heavy atom. The average molecular weight is 555 g/mol. The molecular weight excluding hydrogens is 528 g/mol. The number of likely N-dealkylation sites (tertiary alicyclic amines) is 1. The van der Waals surface area contributed by atoms with Gasteiger partial charge in [-0.15, -0.1) is 11.3 Å². The van der Waals surface area contributed by atoms with Gasteiger partial charge in [0.25, 0.3) is 11.8 Å². The number of methoxy groups -OCH3 is 1. The summed E-state index contributed by atoms with van der Waals surface area (Å²) in [4.78, 5) is 56.0. The van der Waals surface area contributed by atoms with Crippen LogP contribution in [0.5, 0.6) is 5.75 Å². The van der Waals surface area contributed by atoms with Gasteiger partial charge in [0.2, 0.25) is 5.91 Å². The zero-order valence-electron chi connectivity index (χ0n) is 20.7. The fourth-order valence-corrected chi connectivity index (χ4v) is 5.34. The van der Waals surface area contributed by atoms with Gasteiger partial charge >= 0.3 is 0 Å². The predicted molar refractivity (Wildman–Crippen MR) is 144 cm³/mol. The van der Waals surface area contributed by atoms with Gasteiger partial charge < -0.3 is 9.64 Å². The molecule has 2 aromatic carbocycles. The lowest BCUT2D eigenvalue weighted by Gasteiger charge is -2.31. The van der Waals surface area contributed by atoms with Gasteiger partial charge in [0.1, 0.15) is 11.4 Å². The third-order valence-electron chi connectivity index (χ3n) is 6.34. The number of nitrogens with zero attached hydrogens (tertiary/aromatic N) is 2. The zero-order valence-corrected chi connectivity index (χ0v) is 22.3. The summed E-state index contributed by atoms with van der Waals surface area (Å²) in [6, 6.07) is 13.4. The predicted octanol–water partition coefficient (Wildman–Crippen LogP) is 4.25. The van der Waals surface area contributed by atoms with Gasteiger partial charge in [-0.1, -0.05) is 23.7 Å². The first-order valence-corrected chi connectivity index (χ1v) is 13.4. The van der Waals surface area contributed by atoms with Crippen LogP contribution in [-0.2, 0) is 4.79 Å². The van der Waals surface area contributed by atoms with Gasteiger partial charge in [-0.05, 0) is 49.2 Å². The molecule has 198 valence electrons. The number of rotatable bonds is 8. The number of nitrogens with one attached hydrogen (secondary N) is 2. The van der Waals surface area contributed by atoms with Crippen LogP contribution in [0, 0.1) is 0 Å². The van der Waals surface area contributed by atoms with Crippen molar-refractivity contribution in [1.82, 2.24) is 20.7 Å². The molecule has 0 bridgehead atoms. The molecule has 0 atom stereocenters. The molecule has 0 radical (unpaired) electrons. The highest BCUT2D eigenvalue weighted by molar-refractivity contribution is 7.09. The number of benzene rings is 2. The maximum Gasteiger partial charge on any atom is 0.289 e. The minimum Gasteiger partial charge on any atom is -0.497 e. The first kappa shape index (κ1) is 27.3. The molecule has 38 heavy (non-hydrogen) atoms. The van der Waals surface area contributed by atoms with Crippen LogP contribution in [-0.4, -0.2) is 53.6 Å². The van der Waals surface area contributed by atoms with E-state index in [1.54, 1.807) is 65.9 Å². The van der Waals surface area contributed by atoms with Gasteiger partial charge in [-0.2, -0.15) is 0 Å². The lowest BCUT2D eigenvalue weighted by atomic mass is 9.97. The van der Waals surface area contributed by atoms with E-state index in [1.807, 2.05) is 0 Å². The summed E-state index contributed by atoms with van der Waals surface area (Å²) in [6.45, 7) is 1.13. The molecule has 0 spiro atoms. The molecule has 1 saturated heterocycles. The van der Waals surface area contributed by atoms with Crippen molar-refractivity contribution in [3.05, 3.63) is 80.8 Å². The van der Waals surface area contributed by atoms with Crippen molar-refractivity contribution in [3.8, 4) is 5.75 Å². The Morgan fingerprint density at radius 3 is 2.37 bits per heavy atom. The Kier molecular flexibility index (Phi) is 9.09. The highest BCUT2D eigenvalue weighted by Gasteiger charge is 2.27. The number of ether oxygens (including phenoxy) is 1. The monoisotopic (exact) mass is 554 g/mol. The fraction of sp³-hybridized carbons (Fsp3) is 0.296. The van der Waals surface area contributed by atoms with Crippen LogP contribution in [0.4, 0.5) is 0 Å². The number of amides is 3. The number of piperidine rings is 1. The maximum atomic E-state index is 12.7. The lowest BCUT2D eigenvalue weighted by Crippen LogP contribution is -2.42. The topological polar surface area (TPSA) is 118 Å². The number of hydrazine groups is 1.